The fourth-order valence-corrected chi connectivity index (χ4v) is 1.27. The summed E-state index contributed by atoms with van der Waals surface area (Å²) in [6.07, 6.45) is 1.11. The molecule has 1 N–H and O–H groups in total. The summed E-state index contributed by atoms with van der Waals surface area (Å²) in [5.41, 5.74) is 2.62. The minimum Gasteiger partial charge on any atom is -0.382 e. The quantitative estimate of drug-likeness (QED) is 0.765. The molecule has 1 aromatic rings. The van der Waals surface area contributed by atoms with Gasteiger partial charge in [-0.3, -0.25) is 0 Å². The molecule has 1 rings (SSSR count). The number of benzene rings is 1. The Labute approximate surface area is 87.5 Å². The first-order chi connectivity index (χ1) is 6.63. The molecule has 1 heteroatoms. The van der Waals surface area contributed by atoms with Crippen LogP contribution in [0.4, 0.5) is 5.69 Å². The Balaban J connectivity index is 2.59. The molecule has 0 saturated heterocycles. The molecule has 0 saturated carbocycles. The maximum Gasteiger partial charge on any atom is 0.0342 e. The van der Waals surface area contributed by atoms with Gasteiger partial charge in [-0.2, -0.15) is 0 Å². The van der Waals surface area contributed by atoms with Gasteiger partial charge in [0, 0.05) is 11.7 Å². The molecule has 1 nitrogen and oxygen atoms in total. The number of anilines is 1. The van der Waals surface area contributed by atoms with E-state index in [9.17, 15) is 0 Å². The highest BCUT2D eigenvalue weighted by Gasteiger charge is 2.05. The molecule has 78 valence electrons. The zero-order valence-corrected chi connectivity index (χ0v) is 9.67. The Kier molecular flexibility index (Phi) is 3.99. The second kappa shape index (κ2) is 5.04. The van der Waals surface area contributed by atoms with E-state index in [0.29, 0.717) is 12.0 Å². The van der Waals surface area contributed by atoms with Gasteiger partial charge in [0.25, 0.3) is 0 Å². The molecule has 0 spiro atoms. The van der Waals surface area contributed by atoms with Crippen LogP contribution in [-0.4, -0.2) is 6.04 Å². The molecule has 0 amide bonds. The molecular formula is C13H21N. The first kappa shape index (κ1) is 11.1. The van der Waals surface area contributed by atoms with E-state index in [1.54, 1.807) is 0 Å². The summed E-state index contributed by atoms with van der Waals surface area (Å²) < 4.78 is 0. The van der Waals surface area contributed by atoms with E-state index in [2.05, 4.69) is 57.3 Å². The molecule has 0 aliphatic rings. The number of hydrogen-bond acceptors (Lipinski definition) is 1. The summed E-state index contributed by atoms with van der Waals surface area (Å²) in [7, 11) is 0. The van der Waals surface area contributed by atoms with Crippen molar-refractivity contribution in [1.82, 2.24) is 0 Å². The Hall–Kier alpha value is -0.980. The zero-order chi connectivity index (χ0) is 10.6. The summed E-state index contributed by atoms with van der Waals surface area (Å²) >= 11 is 0. The standard InChI is InChI=1S/C13H21N/c1-5-12-6-8-13(9-7-12)14-11(4)10(2)3/h6-11,14H,5H2,1-4H3/t11-/m1/s1. The molecule has 0 aliphatic heterocycles. The highest BCUT2D eigenvalue weighted by Crippen LogP contribution is 2.13. The molecular weight excluding hydrogens is 170 g/mol. The van der Waals surface area contributed by atoms with E-state index in [0.717, 1.165) is 6.42 Å². The highest BCUT2D eigenvalue weighted by atomic mass is 14.9. The second-order valence-electron chi connectivity index (χ2n) is 4.23. The van der Waals surface area contributed by atoms with Crippen molar-refractivity contribution >= 4 is 5.69 Å². The predicted molar refractivity (Wildman–Crippen MR) is 63.7 cm³/mol. The number of nitrogens with one attached hydrogen (secondary N) is 1. The minimum atomic E-state index is 0.530. The third-order valence-electron chi connectivity index (χ3n) is 2.76. The molecule has 0 aliphatic carbocycles. The second-order valence-corrected chi connectivity index (χ2v) is 4.23. The van der Waals surface area contributed by atoms with Crippen molar-refractivity contribution in [2.45, 2.75) is 40.2 Å². The Morgan fingerprint density at radius 2 is 1.64 bits per heavy atom. The fourth-order valence-electron chi connectivity index (χ4n) is 1.27. The van der Waals surface area contributed by atoms with E-state index in [4.69, 9.17) is 0 Å². The van der Waals surface area contributed by atoms with Gasteiger partial charge in [0.15, 0.2) is 0 Å². The number of hydrogen-bond donors (Lipinski definition) is 1. The van der Waals surface area contributed by atoms with E-state index in [1.165, 1.54) is 11.3 Å². The molecule has 0 bridgehead atoms. The van der Waals surface area contributed by atoms with Crippen LogP contribution in [0, 0.1) is 5.92 Å². The molecule has 1 atom stereocenters. The Bertz CT molecular complexity index is 261. The van der Waals surface area contributed by atoms with Crippen LogP contribution in [0.5, 0.6) is 0 Å². The SMILES string of the molecule is CCc1ccc(N[C@H](C)C(C)C)cc1. The van der Waals surface area contributed by atoms with Crippen LogP contribution < -0.4 is 5.32 Å². The summed E-state index contributed by atoms with van der Waals surface area (Å²) in [6, 6.07) is 9.24. The van der Waals surface area contributed by atoms with Crippen LogP contribution in [0.3, 0.4) is 0 Å². The van der Waals surface area contributed by atoms with Gasteiger partial charge in [-0.05, 0) is 37.0 Å². The van der Waals surface area contributed by atoms with Gasteiger partial charge in [-0.15, -0.1) is 0 Å². The van der Waals surface area contributed by atoms with Gasteiger partial charge in [0.1, 0.15) is 0 Å². The van der Waals surface area contributed by atoms with Gasteiger partial charge in [-0.25, -0.2) is 0 Å². The molecule has 0 radical (unpaired) electrons. The summed E-state index contributed by atoms with van der Waals surface area (Å²) in [4.78, 5) is 0. The van der Waals surface area contributed by atoms with E-state index in [-0.39, 0.29) is 0 Å². The van der Waals surface area contributed by atoms with Gasteiger partial charge >= 0.3 is 0 Å². The lowest BCUT2D eigenvalue weighted by atomic mass is 10.1. The first-order valence-electron chi connectivity index (χ1n) is 5.49. The van der Waals surface area contributed by atoms with E-state index < -0.39 is 0 Å². The van der Waals surface area contributed by atoms with Crippen LogP contribution in [0.25, 0.3) is 0 Å². The maximum absolute atomic E-state index is 3.49. The average Bonchev–Trinajstić information content (AvgIpc) is 2.19. The molecule has 0 aromatic heterocycles. The fraction of sp³-hybridized carbons (Fsp3) is 0.538. The monoisotopic (exact) mass is 191 g/mol. The lowest BCUT2D eigenvalue weighted by Crippen LogP contribution is -2.21. The van der Waals surface area contributed by atoms with Crippen LogP contribution in [-0.2, 0) is 6.42 Å². The molecule has 14 heavy (non-hydrogen) atoms. The van der Waals surface area contributed by atoms with E-state index in [1.807, 2.05) is 0 Å². The minimum absolute atomic E-state index is 0.530. The van der Waals surface area contributed by atoms with E-state index >= 15 is 0 Å². The van der Waals surface area contributed by atoms with Gasteiger partial charge in [0.05, 0.1) is 0 Å². The van der Waals surface area contributed by atoms with Crippen LogP contribution in [0.15, 0.2) is 24.3 Å². The maximum atomic E-state index is 3.49. The van der Waals surface area contributed by atoms with Crippen molar-refractivity contribution in [3.05, 3.63) is 29.8 Å². The zero-order valence-electron chi connectivity index (χ0n) is 9.67. The number of rotatable bonds is 4. The Morgan fingerprint density at radius 1 is 1.07 bits per heavy atom. The first-order valence-corrected chi connectivity index (χ1v) is 5.49. The third kappa shape index (κ3) is 3.06. The Morgan fingerprint density at radius 3 is 2.07 bits per heavy atom. The van der Waals surface area contributed by atoms with Gasteiger partial charge in [-0.1, -0.05) is 32.9 Å². The number of aryl methyl sites for hydroxylation is 1. The van der Waals surface area contributed by atoms with Gasteiger partial charge < -0.3 is 5.32 Å². The summed E-state index contributed by atoms with van der Waals surface area (Å²) in [5, 5.41) is 3.49. The largest absolute Gasteiger partial charge is 0.382 e. The molecule has 0 heterocycles. The molecule has 0 fully saturated rings. The van der Waals surface area contributed by atoms with Crippen LogP contribution >= 0.6 is 0 Å². The lowest BCUT2D eigenvalue weighted by Gasteiger charge is -2.18. The van der Waals surface area contributed by atoms with Crippen molar-refractivity contribution in [2.24, 2.45) is 5.92 Å². The van der Waals surface area contributed by atoms with Crippen molar-refractivity contribution < 1.29 is 0 Å². The highest BCUT2D eigenvalue weighted by molar-refractivity contribution is 5.45. The van der Waals surface area contributed by atoms with Crippen LogP contribution in [0.2, 0.25) is 0 Å². The average molecular weight is 191 g/mol. The normalized spacial score (nSPS) is 12.9. The third-order valence-corrected chi connectivity index (χ3v) is 2.76. The van der Waals surface area contributed by atoms with Crippen molar-refractivity contribution in [3.63, 3.8) is 0 Å². The lowest BCUT2D eigenvalue weighted by molar-refractivity contribution is 0.560. The molecule has 0 unspecified atom stereocenters. The topological polar surface area (TPSA) is 12.0 Å². The summed E-state index contributed by atoms with van der Waals surface area (Å²) in [5.74, 6) is 0.667. The van der Waals surface area contributed by atoms with Crippen molar-refractivity contribution in [2.75, 3.05) is 5.32 Å². The van der Waals surface area contributed by atoms with Gasteiger partial charge in [0.2, 0.25) is 0 Å². The predicted octanol–water partition coefficient (Wildman–Crippen LogP) is 3.71. The molecule has 1 aromatic carbocycles. The summed E-state index contributed by atoms with van der Waals surface area (Å²) in [6.45, 7) is 8.87. The smallest absolute Gasteiger partial charge is 0.0342 e. The van der Waals surface area contributed by atoms with Crippen LogP contribution in [0.1, 0.15) is 33.3 Å². The van der Waals surface area contributed by atoms with Crippen molar-refractivity contribution in [1.29, 1.82) is 0 Å². The van der Waals surface area contributed by atoms with Crippen molar-refractivity contribution in [3.8, 4) is 0 Å².